The summed E-state index contributed by atoms with van der Waals surface area (Å²) in [5.41, 5.74) is 2.22. The first kappa shape index (κ1) is 23.3. The van der Waals surface area contributed by atoms with Gasteiger partial charge in [-0.05, 0) is 56.2 Å². The number of rotatable bonds is 8. The van der Waals surface area contributed by atoms with E-state index >= 15 is 0 Å². The van der Waals surface area contributed by atoms with Gasteiger partial charge in [0.1, 0.15) is 11.6 Å². The minimum Gasteiger partial charge on any atom is -0.438 e. The minimum atomic E-state index is -0.399. The van der Waals surface area contributed by atoms with Crippen LogP contribution in [0.1, 0.15) is 37.4 Å². The average molecular weight is 472 g/mol. The smallest absolute Gasteiger partial charge is 0.227 e. The Bertz CT molecular complexity index is 1110. The largest absolute Gasteiger partial charge is 0.438 e. The second kappa shape index (κ2) is 10.4. The van der Waals surface area contributed by atoms with Crippen LogP contribution in [-0.4, -0.2) is 39.8 Å². The van der Waals surface area contributed by atoms with E-state index < -0.39 is 5.82 Å². The maximum atomic E-state index is 13.8. The summed E-state index contributed by atoms with van der Waals surface area (Å²) < 4.78 is 27.4. The van der Waals surface area contributed by atoms with Crippen molar-refractivity contribution >= 4 is 17.5 Å². The number of halogens is 2. The molecule has 1 atom stereocenters. The van der Waals surface area contributed by atoms with E-state index in [1.165, 1.54) is 12.1 Å². The van der Waals surface area contributed by atoms with Gasteiger partial charge in [0.25, 0.3) is 0 Å². The van der Waals surface area contributed by atoms with Gasteiger partial charge in [-0.15, -0.1) is 0 Å². The average Bonchev–Trinajstić information content (AvgIpc) is 3.42. The molecule has 3 aromatic rings. The molecule has 0 aliphatic carbocycles. The number of amides is 1. The number of carbonyl (C=O) groups excluding carboxylic acids is 1. The zero-order valence-electron chi connectivity index (χ0n) is 18.8. The minimum absolute atomic E-state index is 0.0275. The molecular weight excluding hydrogens is 445 g/mol. The summed E-state index contributed by atoms with van der Waals surface area (Å²) in [7, 11) is 0. The van der Waals surface area contributed by atoms with Gasteiger partial charge in [0.2, 0.25) is 11.8 Å². The lowest BCUT2D eigenvalue weighted by molar-refractivity contribution is -0.133. The molecule has 1 aliphatic heterocycles. The zero-order chi connectivity index (χ0) is 23.4. The van der Waals surface area contributed by atoms with Crippen LogP contribution in [0.2, 0.25) is 5.02 Å². The first-order valence-corrected chi connectivity index (χ1v) is 11.5. The Morgan fingerprint density at radius 2 is 2.09 bits per heavy atom. The van der Waals surface area contributed by atoms with Gasteiger partial charge >= 0.3 is 0 Å². The molecule has 0 saturated carbocycles. The molecule has 1 aromatic heterocycles. The van der Waals surface area contributed by atoms with Crippen molar-refractivity contribution in [2.75, 3.05) is 13.2 Å². The van der Waals surface area contributed by atoms with Crippen LogP contribution >= 0.6 is 11.6 Å². The predicted molar refractivity (Wildman–Crippen MR) is 124 cm³/mol. The van der Waals surface area contributed by atoms with Crippen LogP contribution in [-0.2, 0) is 16.1 Å². The molecule has 4 rings (SSSR count). The van der Waals surface area contributed by atoms with E-state index in [4.69, 9.17) is 21.1 Å². The van der Waals surface area contributed by atoms with Crippen LogP contribution < -0.4 is 4.74 Å². The molecular formula is C25H27ClFN3O3. The lowest BCUT2D eigenvalue weighted by atomic mass is 10.2. The Kier molecular flexibility index (Phi) is 7.30. The summed E-state index contributed by atoms with van der Waals surface area (Å²) in [6.07, 6.45) is 2.35. The van der Waals surface area contributed by atoms with E-state index in [0.717, 1.165) is 36.4 Å². The Balaban J connectivity index is 1.73. The fourth-order valence-corrected chi connectivity index (χ4v) is 4.05. The van der Waals surface area contributed by atoms with Crippen molar-refractivity contribution in [3.8, 4) is 17.3 Å². The SMILES string of the molecule is CCC(=O)N(Cc1c(C)nn(-c2ccc(Cl)cc2)c1Oc1cccc(F)c1)CC1CCCO1. The van der Waals surface area contributed by atoms with Gasteiger partial charge in [-0.1, -0.05) is 24.6 Å². The van der Waals surface area contributed by atoms with Crippen LogP contribution in [0.15, 0.2) is 48.5 Å². The fraction of sp³-hybridized carbons (Fsp3) is 0.360. The second-order valence-corrected chi connectivity index (χ2v) is 8.52. The Morgan fingerprint density at radius 3 is 2.76 bits per heavy atom. The van der Waals surface area contributed by atoms with E-state index in [0.29, 0.717) is 36.2 Å². The first-order valence-electron chi connectivity index (χ1n) is 11.1. The number of aromatic nitrogens is 2. The Hall–Kier alpha value is -2.90. The molecule has 8 heteroatoms. The van der Waals surface area contributed by atoms with Gasteiger partial charge in [-0.3, -0.25) is 4.79 Å². The van der Waals surface area contributed by atoms with Gasteiger partial charge in [0.15, 0.2) is 0 Å². The van der Waals surface area contributed by atoms with Crippen molar-refractivity contribution in [3.63, 3.8) is 0 Å². The standard InChI is InChI=1S/C25H27ClFN3O3/c1-3-24(31)29(15-22-8-5-13-32-22)16-23-17(2)28-30(20-11-9-18(26)10-12-20)25(23)33-21-7-4-6-19(27)14-21/h4,6-7,9-12,14,22H,3,5,8,13,15-16H2,1-2H3. The highest BCUT2D eigenvalue weighted by molar-refractivity contribution is 6.30. The van der Waals surface area contributed by atoms with Crippen molar-refractivity contribution in [2.45, 2.75) is 45.8 Å². The van der Waals surface area contributed by atoms with Crippen LogP contribution in [0.25, 0.3) is 5.69 Å². The van der Waals surface area contributed by atoms with Crippen LogP contribution in [0.5, 0.6) is 11.6 Å². The summed E-state index contributed by atoms with van der Waals surface area (Å²) in [5.74, 6) is 0.408. The Morgan fingerprint density at radius 1 is 1.30 bits per heavy atom. The summed E-state index contributed by atoms with van der Waals surface area (Å²) in [4.78, 5) is 14.6. The van der Waals surface area contributed by atoms with Crippen molar-refractivity contribution in [3.05, 3.63) is 70.6 Å². The zero-order valence-corrected chi connectivity index (χ0v) is 19.5. The number of hydrogen-bond donors (Lipinski definition) is 0. The molecule has 0 radical (unpaired) electrons. The topological polar surface area (TPSA) is 56.6 Å². The van der Waals surface area contributed by atoms with Gasteiger partial charge in [0.05, 0.1) is 29.6 Å². The highest BCUT2D eigenvalue weighted by Crippen LogP contribution is 2.32. The van der Waals surface area contributed by atoms with E-state index in [1.807, 2.05) is 26.0 Å². The van der Waals surface area contributed by atoms with Crippen molar-refractivity contribution in [2.24, 2.45) is 0 Å². The maximum absolute atomic E-state index is 13.8. The van der Waals surface area contributed by atoms with Crippen LogP contribution in [0, 0.1) is 12.7 Å². The normalized spacial score (nSPS) is 15.6. The molecule has 0 N–H and O–H groups in total. The maximum Gasteiger partial charge on any atom is 0.227 e. The van der Waals surface area contributed by atoms with Gasteiger partial charge in [-0.2, -0.15) is 5.10 Å². The molecule has 1 unspecified atom stereocenters. The molecule has 1 amide bonds. The van der Waals surface area contributed by atoms with E-state index in [-0.39, 0.29) is 12.0 Å². The van der Waals surface area contributed by atoms with Crippen molar-refractivity contribution < 1.29 is 18.7 Å². The molecule has 1 fully saturated rings. The van der Waals surface area contributed by atoms with Gasteiger partial charge in [0, 0.05) is 30.7 Å². The van der Waals surface area contributed by atoms with Gasteiger partial charge in [-0.25, -0.2) is 9.07 Å². The summed E-state index contributed by atoms with van der Waals surface area (Å²) >= 11 is 6.06. The molecule has 2 heterocycles. The molecule has 33 heavy (non-hydrogen) atoms. The number of hydrogen-bond acceptors (Lipinski definition) is 4. The lowest BCUT2D eigenvalue weighted by Crippen LogP contribution is -2.36. The molecule has 1 aliphatic rings. The third-order valence-electron chi connectivity index (χ3n) is 5.67. The van der Waals surface area contributed by atoms with Gasteiger partial charge < -0.3 is 14.4 Å². The molecule has 0 bridgehead atoms. The lowest BCUT2D eigenvalue weighted by Gasteiger charge is -2.25. The number of nitrogens with zero attached hydrogens (tertiary/aromatic N) is 3. The summed E-state index contributed by atoms with van der Waals surface area (Å²) in [6, 6.07) is 13.1. The van der Waals surface area contributed by atoms with E-state index in [9.17, 15) is 9.18 Å². The first-order chi connectivity index (χ1) is 15.9. The van der Waals surface area contributed by atoms with Crippen molar-refractivity contribution in [1.82, 2.24) is 14.7 Å². The second-order valence-electron chi connectivity index (χ2n) is 8.08. The van der Waals surface area contributed by atoms with E-state index in [1.54, 1.807) is 33.8 Å². The van der Waals surface area contributed by atoms with Crippen LogP contribution in [0.3, 0.4) is 0 Å². The fourth-order valence-electron chi connectivity index (χ4n) is 3.93. The molecule has 6 nitrogen and oxygen atoms in total. The molecule has 1 saturated heterocycles. The Labute approximate surface area is 197 Å². The third kappa shape index (κ3) is 5.54. The monoisotopic (exact) mass is 471 g/mol. The summed E-state index contributed by atoms with van der Waals surface area (Å²) in [5, 5.41) is 5.29. The van der Waals surface area contributed by atoms with E-state index in [2.05, 4.69) is 5.10 Å². The van der Waals surface area contributed by atoms with Crippen molar-refractivity contribution in [1.29, 1.82) is 0 Å². The number of aryl methyl sites for hydroxylation is 1. The third-order valence-corrected chi connectivity index (χ3v) is 5.92. The predicted octanol–water partition coefficient (Wildman–Crippen LogP) is 5.68. The summed E-state index contributed by atoms with van der Waals surface area (Å²) in [6.45, 7) is 5.27. The molecule has 174 valence electrons. The van der Waals surface area contributed by atoms with Crippen LogP contribution in [0.4, 0.5) is 4.39 Å². The highest BCUT2D eigenvalue weighted by atomic mass is 35.5. The number of ether oxygens (including phenoxy) is 2. The number of benzene rings is 2. The molecule has 0 spiro atoms. The highest BCUT2D eigenvalue weighted by Gasteiger charge is 2.26. The molecule has 2 aromatic carbocycles. The quantitative estimate of drug-likeness (QED) is 0.424. The number of carbonyl (C=O) groups is 1.